The van der Waals surface area contributed by atoms with Gasteiger partial charge in [-0.1, -0.05) is 84.8 Å². The number of hydrogen-bond donors (Lipinski definition) is 3. The number of aliphatic carboxylic acids is 1. The summed E-state index contributed by atoms with van der Waals surface area (Å²) in [5, 5.41) is 14.9. The Hall–Kier alpha value is -4.61. The number of piperidine rings is 1. The first-order valence-electron chi connectivity index (χ1n) is 13.8. The zero-order valence-electron chi connectivity index (χ0n) is 22.8. The standard InChI is InChI=1S/C33H33N3O5/c37-30(35-33(21-31(38)39)16-19-36(20-17-33)22-24-9-2-1-3-10-24)15-8-18-34-32(40)41-23-29-27-13-6-4-11-25(27)26-12-5-7-14-28(26)29/h1-7,9-14,29H,16-23H2,(H,34,40)(H,35,37)(H,38,39). The Morgan fingerprint density at radius 1 is 0.902 bits per heavy atom. The number of nitrogens with zero attached hydrogens (tertiary/aromatic N) is 1. The predicted octanol–water partition coefficient (Wildman–Crippen LogP) is 4.15. The summed E-state index contributed by atoms with van der Waals surface area (Å²) >= 11 is 0. The molecule has 1 heterocycles. The maximum absolute atomic E-state index is 12.6. The number of rotatable bonds is 8. The largest absolute Gasteiger partial charge is 0.481 e. The molecule has 0 radical (unpaired) electrons. The van der Waals surface area contributed by atoms with Crippen molar-refractivity contribution in [2.24, 2.45) is 0 Å². The topological polar surface area (TPSA) is 108 Å². The molecule has 8 nitrogen and oxygen atoms in total. The molecule has 1 aliphatic carbocycles. The van der Waals surface area contributed by atoms with E-state index in [9.17, 15) is 19.5 Å². The molecule has 1 fully saturated rings. The second-order valence-corrected chi connectivity index (χ2v) is 10.5. The van der Waals surface area contributed by atoms with Gasteiger partial charge >= 0.3 is 12.1 Å². The molecule has 0 saturated carbocycles. The fourth-order valence-corrected chi connectivity index (χ4v) is 5.78. The highest BCUT2D eigenvalue weighted by molar-refractivity contribution is 5.94. The first-order valence-corrected chi connectivity index (χ1v) is 13.8. The third-order valence-corrected chi connectivity index (χ3v) is 7.80. The summed E-state index contributed by atoms with van der Waals surface area (Å²) in [6.07, 6.45) is 0.238. The summed E-state index contributed by atoms with van der Waals surface area (Å²) in [7, 11) is 0. The van der Waals surface area contributed by atoms with Gasteiger partial charge in [0.1, 0.15) is 6.61 Å². The molecule has 41 heavy (non-hydrogen) atoms. The molecule has 5 rings (SSSR count). The lowest BCUT2D eigenvalue weighted by molar-refractivity contribution is -0.139. The zero-order valence-corrected chi connectivity index (χ0v) is 22.8. The first kappa shape index (κ1) is 27.9. The molecule has 210 valence electrons. The summed E-state index contributed by atoms with van der Waals surface area (Å²) in [6.45, 7) is 2.23. The predicted molar refractivity (Wildman–Crippen MR) is 155 cm³/mol. The van der Waals surface area contributed by atoms with E-state index in [2.05, 4.69) is 63.8 Å². The monoisotopic (exact) mass is 551 g/mol. The van der Waals surface area contributed by atoms with Gasteiger partial charge in [-0.2, -0.15) is 0 Å². The van der Waals surface area contributed by atoms with E-state index in [1.807, 2.05) is 42.5 Å². The van der Waals surface area contributed by atoms with Crippen molar-refractivity contribution >= 4 is 18.0 Å². The number of carboxylic acids is 1. The van der Waals surface area contributed by atoms with E-state index in [0.717, 1.165) is 28.8 Å². The van der Waals surface area contributed by atoms with Crippen LogP contribution < -0.4 is 10.6 Å². The number of benzene rings is 3. The van der Waals surface area contributed by atoms with Crippen molar-refractivity contribution in [3.8, 4) is 23.0 Å². The second-order valence-electron chi connectivity index (χ2n) is 10.5. The van der Waals surface area contributed by atoms with Gasteiger partial charge in [0, 0.05) is 25.6 Å². The Kier molecular flexibility index (Phi) is 8.66. The highest BCUT2D eigenvalue weighted by Gasteiger charge is 2.37. The fourth-order valence-electron chi connectivity index (χ4n) is 5.78. The van der Waals surface area contributed by atoms with Gasteiger partial charge < -0.3 is 20.5 Å². The molecule has 0 spiro atoms. The smallest absolute Gasteiger partial charge is 0.407 e. The average molecular weight is 552 g/mol. The Morgan fingerprint density at radius 2 is 1.51 bits per heavy atom. The van der Waals surface area contributed by atoms with Crippen molar-refractivity contribution in [3.63, 3.8) is 0 Å². The molecule has 0 unspecified atom stereocenters. The molecule has 0 aromatic heterocycles. The van der Waals surface area contributed by atoms with E-state index in [0.29, 0.717) is 25.9 Å². The quantitative estimate of drug-likeness (QED) is 0.363. The molecular weight excluding hydrogens is 518 g/mol. The van der Waals surface area contributed by atoms with Gasteiger partial charge in [-0.05, 0) is 46.6 Å². The minimum absolute atomic E-state index is 0.0467. The number of amides is 2. The number of fused-ring (bicyclic) bond motifs is 3. The van der Waals surface area contributed by atoms with Crippen LogP contribution in [-0.4, -0.2) is 59.8 Å². The number of hydrogen-bond acceptors (Lipinski definition) is 5. The molecule has 0 atom stereocenters. The van der Waals surface area contributed by atoms with Crippen molar-refractivity contribution in [3.05, 3.63) is 95.6 Å². The first-order chi connectivity index (χ1) is 19.9. The van der Waals surface area contributed by atoms with Crippen molar-refractivity contribution in [2.45, 2.75) is 37.3 Å². The normalized spacial score (nSPS) is 15.5. The average Bonchev–Trinajstić information content (AvgIpc) is 3.29. The zero-order chi connectivity index (χ0) is 28.7. The highest BCUT2D eigenvalue weighted by Crippen LogP contribution is 2.44. The van der Waals surface area contributed by atoms with Crippen LogP contribution in [0.2, 0.25) is 0 Å². The minimum Gasteiger partial charge on any atom is -0.481 e. The van der Waals surface area contributed by atoms with Crippen LogP contribution >= 0.6 is 0 Å². The van der Waals surface area contributed by atoms with Crippen LogP contribution in [0.1, 0.15) is 41.9 Å². The van der Waals surface area contributed by atoms with Gasteiger partial charge in [-0.3, -0.25) is 14.5 Å². The van der Waals surface area contributed by atoms with Crippen LogP contribution in [0.25, 0.3) is 11.1 Å². The van der Waals surface area contributed by atoms with Gasteiger partial charge in [-0.25, -0.2) is 4.79 Å². The van der Waals surface area contributed by atoms with Crippen LogP contribution in [-0.2, 0) is 20.9 Å². The fraction of sp³-hybridized carbons (Fsp3) is 0.303. The summed E-state index contributed by atoms with van der Waals surface area (Å²) in [5.41, 5.74) is 4.88. The maximum Gasteiger partial charge on any atom is 0.407 e. The number of carboxylic acid groups (broad SMARTS) is 1. The third kappa shape index (κ3) is 6.94. The van der Waals surface area contributed by atoms with E-state index in [-0.39, 0.29) is 25.5 Å². The summed E-state index contributed by atoms with van der Waals surface area (Å²) in [5.74, 6) is 3.55. The number of alkyl carbamates (subject to hydrolysis) is 1. The van der Waals surface area contributed by atoms with Crippen LogP contribution in [0.3, 0.4) is 0 Å². The lowest BCUT2D eigenvalue weighted by Gasteiger charge is -2.41. The number of nitrogens with one attached hydrogen (secondary N) is 2. The molecule has 3 aromatic carbocycles. The van der Waals surface area contributed by atoms with Gasteiger partial charge in [0.15, 0.2) is 0 Å². The number of likely N-dealkylation sites (tertiary alicyclic amines) is 1. The third-order valence-electron chi connectivity index (χ3n) is 7.80. The molecule has 1 aliphatic heterocycles. The lowest BCUT2D eigenvalue weighted by Crippen LogP contribution is -2.56. The Morgan fingerprint density at radius 3 is 2.15 bits per heavy atom. The molecular formula is C33H33N3O5. The van der Waals surface area contributed by atoms with Crippen LogP contribution in [0, 0.1) is 11.8 Å². The van der Waals surface area contributed by atoms with E-state index in [4.69, 9.17) is 4.74 Å². The Balaban J connectivity index is 1.09. The number of carbonyl (C=O) groups excluding carboxylic acids is 2. The Bertz CT molecular complexity index is 1420. The summed E-state index contributed by atoms with van der Waals surface area (Å²) in [6, 6.07) is 26.3. The van der Waals surface area contributed by atoms with Gasteiger partial charge in [0.2, 0.25) is 0 Å². The van der Waals surface area contributed by atoms with Crippen molar-refractivity contribution < 1.29 is 24.2 Å². The SMILES string of the molecule is O=C(O)CC1(NC(=O)C#CCNC(=O)OCC2c3ccccc3-c3ccccc32)CCN(Cc2ccccc2)CC1. The van der Waals surface area contributed by atoms with Crippen molar-refractivity contribution in [1.29, 1.82) is 0 Å². The lowest BCUT2D eigenvalue weighted by atomic mass is 9.84. The molecule has 0 bridgehead atoms. The molecule has 1 saturated heterocycles. The Labute approximate surface area is 239 Å². The van der Waals surface area contributed by atoms with Crippen molar-refractivity contribution in [2.75, 3.05) is 26.2 Å². The van der Waals surface area contributed by atoms with Gasteiger partial charge in [-0.15, -0.1) is 0 Å². The van der Waals surface area contributed by atoms with Gasteiger partial charge in [0.05, 0.1) is 18.5 Å². The van der Waals surface area contributed by atoms with Crippen LogP contribution in [0.5, 0.6) is 0 Å². The molecule has 8 heteroatoms. The van der Waals surface area contributed by atoms with Crippen LogP contribution in [0.4, 0.5) is 4.79 Å². The number of ether oxygens (including phenoxy) is 1. The minimum atomic E-state index is -0.966. The second kappa shape index (κ2) is 12.7. The molecule has 3 aromatic rings. The van der Waals surface area contributed by atoms with E-state index in [1.165, 1.54) is 5.56 Å². The maximum atomic E-state index is 12.6. The van der Waals surface area contributed by atoms with Gasteiger partial charge in [0.25, 0.3) is 5.91 Å². The molecule has 2 aliphatic rings. The highest BCUT2D eigenvalue weighted by atomic mass is 16.5. The van der Waals surface area contributed by atoms with E-state index < -0.39 is 23.5 Å². The molecule has 2 amide bonds. The van der Waals surface area contributed by atoms with Crippen molar-refractivity contribution in [1.82, 2.24) is 15.5 Å². The van der Waals surface area contributed by atoms with E-state index in [1.54, 1.807) is 0 Å². The van der Waals surface area contributed by atoms with Crippen LogP contribution in [0.15, 0.2) is 78.9 Å². The summed E-state index contributed by atoms with van der Waals surface area (Å²) in [4.78, 5) is 38.8. The molecule has 3 N–H and O–H groups in total. The summed E-state index contributed by atoms with van der Waals surface area (Å²) < 4.78 is 5.49. The van der Waals surface area contributed by atoms with E-state index >= 15 is 0 Å². The number of carbonyl (C=O) groups is 3.